The van der Waals surface area contributed by atoms with E-state index in [9.17, 15) is 0 Å². The summed E-state index contributed by atoms with van der Waals surface area (Å²) in [6.07, 6.45) is 0. The molecule has 0 saturated carbocycles. The van der Waals surface area contributed by atoms with Crippen LogP contribution in [0.2, 0.25) is 0 Å². The molecule has 0 bridgehead atoms. The molecule has 0 radical (unpaired) electrons. The molecule has 0 saturated heterocycles. The van der Waals surface area contributed by atoms with Gasteiger partial charge in [-0.15, -0.1) is 0 Å². The van der Waals surface area contributed by atoms with Crippen LogP contribution in [0.4, 0.5) is 0 Å². The first-order valence-electron chi connectivity index (χ1n) is 7.37. The van der Waals surface area contributed by atoms with Crippen molar-refractivity contribution < 1.29 is 4.74 Å². The molecule has 0 spiro atoms. The summed E-state index contributed by atoms with van der Waals surface area (Å²) in [7, 11) is 3.74. The average molecular weight is 283 g/mol. The third-order valence-corrected chi connectivity index (χ3v) is 3.87. The van der Waals surface area contributed by atoms with E-state index < -0.39 is 0 Å². The minimum absolute atomic E-state index is 0.138. The number of aryl methyl sites for hydroxylation is 4. The standard InChI is InChI=1S/C19H25NO/c1-12-7-13(2)10-16(9-12)19(20-5)18-15(4)8-14(3)11-17(18)21-6/h7-11,19-20H,1-6H3. The number of rotatable bonds is 4. The summed E-state index contributed by atoms with van der Waals surface area (Å²) in [6.45, 7) is 8.53. The van der Waals surface area contributed by atoms with Crippen molar-refractivity contribution in [2.24, 2.45) is 0 Å². The van der Waals surface area contributed by atoms with Gasteiger partial charge in [-0.25, -0.2) is 0 Å². The van der Waals surface area contributed by atoms with Crippen LogP contribution in [-0.2, 0) is 0 Å². The van der Waals surface area contributed by atoms with Crippen molar-refractivity contribution in [1.29, 1.82) is 0 Å². The van der Waals surface area contributed by atoms with Crippen LogP contribution in [0.15, 0.2) is 30.3 Å². The first-order valence-corrected chi connectivity index (χ1v) is 7.37. The summed E-state index contributed by atoms with van der Waals surface area (Å²) in [4.78, 5) is 0. The molecule has 112 valence electrons. The van der Waals surface area contributed by atoms with Crippen LogP contribution in [0.25, 0.3) is 0 Å². The highest BCUT2D eigenvalue weighted by Crippen LogP contribution is 2.34. The first kappa shape index (κ1) is 15.6. The second kappa shape index (κ2) is 6.31. The second-order valence-electron chi connectivity index (χ2n) is 5.84. The fourth-order valence-corrected chi connectivity index (χ4v) is 3.13. The highest BCUT2D eigenvalue weighted by molar-refractivity contribution is 5.49. The molecule has 0 amide bonds. The zero-order valence-corrected chi connectivity index (χ0v) is 13.9. The molecule has 0 aliphatic rings. The largest absolute Gasteiger partial charge is 0.496 e. The Balaban J connectivity index is 2.61. The smallest absolute Gasteiger partial charge is 0.124 e. The number of ether oxygens (including phenoxy) is 1. The lowest BCUT2D eigenvalue weighted by Gasteiger charge is -2.23. The van der Waals surface area contributed by atoms with E-state index in [0.29, 0.717) is 0 Å². The van der Waals surface area contributed by atoms with Crippen molar-refractivity contribution in [2.75, 3.05) is 14.2 Å². The molecule has 0 aliphatic heterocycles. The van der Waals surface area contributed by atoms with E-state index in [1.165, 1.54) is 33.4 Å². The van der Waals surface area contributed by atoms with E-state index in [1.807, 2.05) is 7.05 Å². The molecule has 2 aromatic carbocycles. The summed E-state index contributed by atoms with van der Waals surface area (Å²) in [5, 5.41) is 3.44. The molecule has 0 aromatic heterocycles. The lowest BCUT2D eigenvalue weighted by atomic mass is 9.91. The Kier molecular flexibility index (Phi) is 4.69. The van der Waals surface area contributed by atoms with Gasteiger partial charge in [0.1, 0.15) is 5.75 Å². The number of benzene rings is 2. The van der Waals surface area contributed by atoms with Crippen LogP contribution in [0.5, 0.6) is 5.75 Å². The quantitative estimate of drug-likeness (QED) is 0.906. The maximum absolute atomic E-state index is 5.63. The molecule has 0 heterocycles. The Hall–Kier alpha value is -1.80. The van der Waals surface area contributed by atoms with E-state index in [4.69, 9.17) is 4.74 Å². The normalized spacial score (nSPS) is 12.3. The third kappa shape index (κ3) is 3.27. The van der Waals surface area contributed by atoms with E-state index in [2.05, 4.69) is 63.3 Å². The Labute approximate surface area is 128 Å². The number of nitrogens with one attached hydrogen (secondary N) is 1. The van der Waals surface area contributed by atoms with E-state index in [-0.39, 0.29) is 6.04 Å². The van der Waals surface area contributed by atoms with Crippen molar-refractivity contribution in [3.8, 4) is 5.75 Å². The van der Waals surface area contributed by atoms with Gasteiger partial charge in [0.2, 0.25) is 0 Å². The van der Waals surface area contributed by atoms with Crippen LogP contribution in [0, 0.1) is 27.7 Å². The van der Waals surface area contributed by atoms with Crippen LogP contribution in [-0.4, -0.2) is 14.2 Å². The SMILES string of the molecule is CNC(c1cc(C)cc(C)c1)c1c(C)cc(C)cc1OC. The highest BCUT2D eigenvalue weighted by atomic mass is 16.5. The minimum atomic E-state index is 0.138. The van der Waals surface area contributed by atoms with Gasteiger partial charge in [-0.2, -0.15) is 0 Å². The zero-order chi connectivity index (χ0) is 15.6. The fraction of sp³-hybridized carbons (Fsp3) is 0.368. The van der Waals surface area contributed by atoms with Crippen molar-refractivity contribution >= 4 is 0 Å². The molecule has 1 atom stereocenters. The maximum atomic E-state index is 5.63. The average Bonchev–Trinajstić information content (AvgIpc) is 2.40. The van der Waals surface area contributed by atoms with Gasteiger partial charge in [0.15, 0.2) is 0 Å². The van der Waals surface area contributed by atoms with Gasteiger partial charge in [-0.1, -0.05) is 35.4 Å². The Bertz CT molecular complexity index is 626. The molecule has 2 nitrogen and oxygen atoms in total. The van der Waals surface area contributed by atoms with Gasteiger partial charge >= 0.3 is 0 Å². The molecular formula is C19H25NO. The van der Waals surface area contributed by atoms with Crippen LogP contribution in [0.1, 0.15) is 39.4 Å². The summed E-state index contributed by atoms with van der Waals surface area (Å²) < 4.78 is 5.63. The molecule has 21 heavy (non-hydrogen) atoms. The van der Waals surface area contributed by atoms with Gasteiger partial charge in [-0.05, 0) is 57.5 Å². The molecule has 2 heteroatoms. The minimum Gasteiger partial charge on any atom is -0.496 e. The van der Waals surface area contributed by atoms with E-state index >= 15 is 0 Å². The molecule has 1 unspecified atom stereocenters. The monoisotopic (exact) mass is 283 g/mol. The van der Waals surface area contributed by atoms with Crippen molar-refractivity contribution in [3.05, 3.63) is 63.7 Å². The van der Waals surface area contributed by atoms with Crippen LogP contribution < -0.4 is 10.1 Å². The molecule has 0 fully saturated rings. The van der Waals surface area contributed by atoms with E-state index in [0.717, 1.165) is 5.75 Å². The molecule has 0 aliphatic carbocycles. The predicted octanol–water partition coefficient (Wildman–Crippen LogP) is 4.24. The van der Waals surface area contributed by atoms with Crippen molar-refractivity contribution in [1.82, 2.24) is 5.32 Å². The molecular weight excluding hydrogens is 258 g/mol. The first-order chi connectivity index (χ1) is 9.96. The van der Waals surface area contributed by atoms with E-state index in [1.54, 1.807) is 7.11 Å². The summed E-state index contributed by atoms with van der Waals surface area (Å²) in [6, 6.07) is 11.1. The summed E-state index contributed by atoms with van der Waals surface area (Å²) in [5.41, 5.74) is 7.55. The maximum Gasteiger partial charge on any atom is 0.124 e. The third-order valence-electron chi connectivity index (χ3n) is 3.87. The summed E-state index contributed by atoms with van der Waals surface area (Å²) in [5.74, 6) is 0.950. The molecule has 1 N–H and O–H groups in total. The molecule has 2 rings (SSSR count). The van der Waals surface area contributed by atoms with Crippen molar-refractivity contribution in [2.45, 2.75) is 33.7 Å². The fourth-order valence-electron chi connectivity index (χ4n) is 3.13. The van der Waals surface area contributed by atoms with Gasteiger partial charge in [-0.3, -0.25) is 0 Å². The summed E-state index contributed by atoms with van der Waals surface area (Å²) >= 11 is 0. The lowest BCUT2D eigenvalue weighted by Crippen LogP contribution is -2.20. The van der Waals surface area contributed by atoms with Crippen molar-refractivity contribution in [3.63, 3.8) is 0 Å². The van der Waals surface area contributed by atoms with Gasteiger partial charge in [0, 0.05) is 5.56 Å². The van der Waals surface area contributed by atoms with Gasteiger partial charge in [0.25, 0.3) is 0 Å². The van der Waals surface area contributed by atoms with Gasteiger partial charge in [0.05, 0.1) is 13.2 Å². The number of methoxy groups -OCH3 is 1. The second-order valence-corrected chi connectivity index (χ2v) is 5.84. The zero-order valence-electron chi connectivity index (χ0n) is 13.9. The number of hydrogen-bond acceptors (Lipinski definition) is 2. The Morgan fingerprint density at radius 2 is 1.43 bits per heavy atom. The predicted molar refractivity (Wildman–Crippen MR) is 89.3 cm³/mol. The molecule has 2 aromatic rings. The van der Waals surface area contributed by atoms with Crippen LogP contribution >= 0.6 is 0 Å². The number of hydrogen-bond donors (Lipinski definition) is 1. The Morgan fingerprint density at radius 1 is 0.857 bits per heavy atom. The lowest BCUT2D eigenvalue weighted by molar-refractivity contribution is 0.404. The highest BCUT2D eigenvalue weighted by Gasteiger charge is 2.19. The van der Waals surface area contributed by atoms with Gasteiger partial charge < -0.3 is 10.1 Å². The topological polar surface area (TPSA) is 21.3 Å². The van der Waals surface area contributed by atoms with Crippen LogP contribution in [0.3, 0.4) is 0 Å². The Morgan fingerprint density at radius 3 is 1.95 bits per heavy atom.